The Hall–Kier alpha value is -1.95. The molecule has 1 aromatic rings. The molecule has 0 saturated heterocycles. The summed E-state index contributed by atoms with van der Waals surface area (Å²) in [6.45, 7) is 6.22. The average Bonchev–Trinajstić information content (AvgIpc) is 2.95. The largest absolute Gasteiger partial charge is 0.489 e. The van der Waals surface area contributed by atoms with Crippen molar-refractivity contribution in [1.29, 1.82) is 0 Å². The smallest absolute Gasteiger partial charge is 0.252 e. The van der Waals surface area contributed by atoms with E-state index >= 15 is 0 Å². The fourth-order valence-electron chi connectivity index (χ4n) is 4.01. The molecule has 3 rings (SSSR count). The summed E-state index contributed by atoms with van der Waals surface area (Å²) in [5.74, 6) is 0.649. The van der Waals surface area contributed by atoms with Gasteiger partial charge in [0, 0.05) is 25.1 Å². The number of nitrogens with one attached hydrogen (secondary N) is 1. The zero-order chi connectivity index (χ0) is 20.1. The van der Waals surface area contributed by atoms with Crippen molar-refractivity contribution >= 4 is 23.4 Å². The number of hydrogen-bond donors (Lipinski definition) is 1. The first-order chi connectivity index (χ1) is 13.5. The number of nitrogens with zero attached hydrogens (tertiary/aromatic N) is 1. The summed E-state index contributed by atoms with van der Waals surface area (Å²) in [5, 5.41) is 3.41. The minimum atomic E-state index is -0.849. The van der Waals surface area contributed by atoms with Gasteiger partial charge in [-0.05, 0) is 38.8 Å². The van der Waals surface area contributed by atoms with Crippen molar-refractivity contribution in [1.82, 2.24) is 10.2 Å². The Bertz CT molecular complexity index is 727. The molecule has 0 aromatic heterocycles. The number of rotatable bonds is 5. The number of carbonyl (C=O) groups excluding carboxylic acids is 2. The second-order valence-electron chi connectivity index (χ2n) is 7.41. The van der Waals surface area contributed by atoms with E-state index < -0.39 is 5.54 Å². The van der Waals surface area contributed by atoms with E-state index in [1.54, 1.807) is 17.0 Å². The van der Waals surface area contributed by atoms with Gasteiger partial charge >= 0.3 is 0 Å². The van der Waals surface area contributed by atoms with Crippen LogP contribution in [0.1, 0.15) is 62.7 Å². The maximum absolute atomic E-state index is 13.2. The SMILES string of the molecule is CCN(CC)C(=O)C1(NC(=O)c2cc(Cl)c3c(c2)OCCCO3)CCCCC1. The summed E-state index contributed by atoms with van der Waals surface area (Å²) < 4.78 is 11.3. The van der Waals surface area contributed by atoms with E-state index in [-0.39, 0.29) is 11.8 Å². The third kappa shape index (κ3) is 4.22. The van der Waals surface area contributed by atoms with Crippen LogP contribution in [0.4, 0.5) is 0 Å². The molecule has 1 heterocycles. The zero-order valence-corrected chi connectivity index (χ0v) is 17.4. The second kappa shape index (κ2) is 9.03. The van der Waals surface area contributed by atoms with Gasteiger partial charge in [-0.1, -0.05) is 30.9 Å². The molecule has 154 valence electrons. The molecule has 28 heavy (non-hydrogen) atoms. The van der Waals surface area contributed by atoms with Crippen LogP contribution in [-0.2, 0) is 4.79 Å². The number of benzene rings is 1. The van der Waals surface area contributed by atoms with Crippen molar-refractivity contribution < 1.29 is 19.1 Å². The van der Waals surface area contributed by atoms with Crippen molar-refractivity contribution in [2.24, 2.45) is 0 Å². The molecule has 2 aliphatic rings. The molecule has 7 heteroatoms. The lowest BCUT2D eigenvalue weighted by molar-refractivity contribution is -0.139. The Labute approximate surface area is 171 Å². The van der Waals surface area contributed by atoms with E-state index in [9.17, 15) is 9.59 Å². The van der Waals surface area contributed by atoms with E-state index in [0.29, 0.717) is 61.2 Å². The molecule has 6 nitrogen and oxygen atoms in total. The van der Waals surface area contributed by atoms with E-state index in [0.717, 1.165) is 25.7 Å². The number of hydrogen-bond acceptors (Lipinski definition) is 4. The summed E-state index contributed by atoms with van der Waals surface area (Å²) in [6.07, 6.45) is 5.01. The van der Waals surface area contributed by atoms with Crippen LogP contribution in [0.3, 0.4) is 0 Å². The molecular weight excluding hydrogens is 380 g/mol. The maximum Gasteiger partial charge on any atom is 0.252 e. The van der Waals surface area contributed by atoms with Crippen molar-refractivity contribution in [2.75, 3.05) is 26.3 Å². The van der Waals surface area contributed by atoms with Crippen LogP contribution in [0.25, 0.3) is 0 Å². The zero-order valence-electron chi connectivity index (χ0n) is 16.7. The Kier molecular flexibility index (Phi) is 6.70. The Morgan fingerprint density at radius 1 is 1.07 bits per heavy atom. The van der Waals surface area contributed by atoms with Crippen LogP contribution in [0.5, 0.6) is 11.5 Å². The normalized spacial score (nSPS) is 18.1. The first kappa shape index (κ1) is 20.8. The Morgan fingerprint density at radius 3 is 2.43 bits per heavy atom. The van der Waals surface area contributed by atoms with Gasteiger partial charge in [0.2, 0.25) is 5.91 Å². The predicted molar refractivity (Wildman–Crippen MR) is 108 cm³/mol. The highest BCUT2D eigenvalue weighted by Crippen LogP contribution is 2.38. The third-order valence-corrected chi connectivity index (χ3v) is 5.87. The van der Waals surface area contributed by atoms with Crippen molar-refractivity contribution in [3.8, 4) is 11.5 Å². The van der Waals surface area contributed by atoms with Crippen LogP contribution in [-0.4, -0.2) is 48.6 Å². The Balaban J connectivity index is 1.87. The van der Waals surface area contributed by atoms with E-state index in [2.05, 4.69) is 5.32 Å². The molecule has 1 aliphatic heterocycles. The van der Waals surface area contributed by atoms with Crippen LogP contribution in [0, 0.1) is 0 Å². The van der Waals surface area contributed by atoms with Crippen molar-refractivity contribution in [3.63, 3.8) is 0 Å². The fraction of sp³-hybridized carbons (Fsp3) is 0.619. The molecular formula is C21H29ClN2O4. The summed E-state index contributed by atoms with van der Waals surface area (Å²) >= 11 is 6.34. The van der Waals surface area contributed by atoms with E-state index in [4.69, 9.17) is 21.1 Å². The lowest BCUT2D eigenvalue weighted by Crippen LogP contribution is -2.60. The molecule has 1 fully saturated rings. The molecule has 0 bridgehead atoms. The molecule has 2 amide bonds. The van der Waals surface area contributed by atoms with Crippen molar-refractivity contribution in [2.45, 2.75) is 57.9 Å². The van der Waals surface area contributed by atoms with Gasteiger partial charge in [0.15, 0.2) is 11.5 Å². The van der Waals surface area contributed by atoms with Gasteiger partial charge in [0.1, 0.15) is 5.54 Å². The molecule has 1 saturated carbocycles. The monoisotopic (exact) mass is 408 g/mol. The van der Waals surface area contributed by atoms with Crippen LogP contribution < -0.4 is 14.8 Å². The van der Waals surface area contributed by atoms with Gasteiger partial charge in [-0.2, -0.15) is 0 Å². The minimum Gasteiger partial charge on any atom is -0.489 e. The van der Waals surface area contributed by atoms with Crippen molar-refractivity contribution in [3.05, 3.63) is 22.7 Å². The summed E-state index contributed by atoms with van der Waals surface area (Å²) in [5.41, 5.74) is -0.468. The quantitative estimate of drug-likeness (QED) is 0.804. The third-order valence-electron chi connectivity index (χ3n) is 5.58. The van der Waals surface area contributed by atoms with Gasteiger partial charge in [-0.3, -0.25) is 9.59 Å². The standard InChI is InChI=1S/C21H29ClN2O4/c1-3-24(4-2)20(26)21(9-6-5-7-10-21)23-19(25)15-13-16(22)18-17(14-15)27-11-8-12-28-18/h13-14H,3-12H2,1-2H3,(H,23,25). The number of fused-ring (bicyclic) bond motifs is 1. The van der Waals surface area contributed by atoms with Crippen LogP contribution >= 0.6 is 11.6 Å². The fourth-order valence-corrected chi connectivity index (χ4v) is 4.28. The molecule has 1 aromatic carbocycles. The summed E-state index contributed by atoms with van der Waals surface area (Å²) in [4.78, 5) is 28.1. The molecule has 0 atom stereocenters. The maximum atomic E-state index is 13.2. The second-order valence-corrected chi connectivity index (χ2v) is 7.82. The van der Waals surface area contributed by atoms with Gasteiger partial charge in [0.05, 0.1) is 18.2 Å². The lowest BCUT2D eigenvalue weighted by Gasteiger charge is -2.40. The predicted octanol–water partition coefficient (Wildman–Crippen LogP) is 3.80. The van der Waals surface area contributed by atoms with Gasteiger partial charge in [-0.15, -0.1) is 0 Å². The van der Waals surface area contributed by atoms with Gasteiger partial charge < -0.3 is 19.7 Å². The minimum absolute atomic E-state index is 0.00555. The highest BCUT2D eigenvalue weighted by atomic mass is 35.5. The lowest BCUT2D eigenvalue weighted by atomic mass is 9.80. The number of halogens is 1. The highest BCUT2D eigenvalue weighted by molar-refractivity contribution is 6.32. The molecule has 0 unspecified atom stereocenters. The highest BCUT2D eigenvalue weighted by Gasteiger charge is 2.43. The number of amides is 2. The van der Waals surface area contributed by atoms with E-state index in [1.165, 1.54) is 0 Å². The topological polar surface area (TPSA) is 67.9 Å². The number of carbonyl (C=O) groups is 2. The van der Waals surface area contributed by atoms with Gasteiger partial charge in [0.25, 0.3) is 5.91 Å². The van der Waals surface area contributed by atoms with Crippen LogP contribution in [0.15, 0.2) is 12.1 Å². The molecule has 1 aliphatic carbocycles. The first-order valence-electron chi connectivity index (χ1n) is 10.2. The van der Waals surface area contributed by atoms with Gasteiger partial charge in [-0.25, -0.2) is 0 Å². The van der Waals surface area contributed by atoms with E-state index in [1.807, 2.05) is 13.8 Å². The number of ether oxygens (including phenoxy) is 2. The summed E-state index contributed by atoms with van der Waals surface area (Å²) in [6, 6.07) is 3.24. The molecule has 0 spiro atoms. The Morgan fingerprint density at radius 2 is 1.75 bits per heavy atom. The number of likely N-dealkylation sites (N-methyl/N-ethyl adjacent to an activating group) is 1. The first-order valence-corrected chi connectivity index (χ1v) is 10.6. The molecule has 0 radical (unpaired) electrons. The average molecular weight is 409 g/mol. The van der Waals surface area contributed by atoms with Crippen LogP contribution in [0.2, 0.25) is 5.02 Å². The summed E-state index contributed by atoms with van der Waals surface area (Å²) in [7, 11) is 0. The molecule has 1 N–H and O–H groups in total.